The fourth-order valence-electron chi connectivity index (χ4n) is 3.67. The lowest BCUT2D eigenvalue weighted by molar-refractivity contribution is 0.101. The van der Waals surface area contributed by atoms with Gasteiger partial charge in [0, 0.05) is 17.7 Å². The number of hydrogen-bond acceptors (Lipinski definition) is 5. The Bertz CT molecular complexity index is 1290. The average molecular weight is 453 g/mol. The number of aliphatic imine (C=N–C) groups is 1. The molecule has 0 unspecified atom stereocenters. The van der Waals surface area contributed by atoms with Crippen molar-refractivity contribution in [3.8, 4) is 17.1 Å². The fourth-order valence-corrected chi connectivity index (χ4v) is 4.79. The summed E-state index contributed by atoms with van der Waals surface area (Å²) in [6, 6.07) is 15.4. The molecule has 0 aliphatic carbocycles. The molecule has 0 spiro atoms. The standard InChI is InChI=1S/C23H24N4O4S/c1-27(2)13-7-12-24-32(30,31)17-11-6-10-16(14-17)21-19-18(22(28)26-21)20(25-23(19)29)15-8-4-3-5-9-15/h3-6,8-11,14,24,26,28H,7,12-13H2,1-2H3. The van der Waals surface area contributed by atoms with Crippen molar-refractivity contribution in [3.05, 3.63) is 71.3 Å². The summed E-state index contributed by atoms with van der Waals surface area (Å²) in [5.41, 5.74) is 2.45. The number of fused-ring (bicyclic) bond motifs is 1. The summed E-state index contributed by atoms with van der Waals surface area (Å²) >= 11 is 0. The number of carbonyl (C=O) groups is 1. The van der Waals surface area contributed by atoms with Crippen molar-refractivity contribution in [3.63, 3.8) is 0 Å². The zero-order valence-electron chi connectivity index (χ0n) is 17.8. The number of nitrogens with one attached hydrogen (secondary N) is 2. The molecule has 3 aromatic rings. The summed E-state index contributed by atoms with van der Waals surface area (Å²) in [7, 11) is 0.132. The molecule has 0 saturated carbocycles. The van der Waals surface area contributed by atoms with Gasteiger partial charge in [-0.1, -0.05) is 42.5 Å². The van der Waals surface area contributed by atoms with Crippen LogP contribution in [0.15, 0.2) is 64.5 Å². The monoisotopic (exact) mass is 452 g/mol. The summed E-state index contributed by atoms with van der Waals surface area (Å²) in [6.45, 7) is 1.08. The summed E-state index contributed by atoms with van der Waals surface area (Å²) in [6.07, 6.45) is 0.679. The number of benzene rings is 2. The molecule has 1 aliphatic heterocycles. The smallest absolute Gasteiger partial charge is 0.280 e. The number of aromatic nitrogens is 1. The average Bonchev–Trinajstić information content (AvgIpc) is 3.30. The van der Waals surface area contributed by atoms with E-state index in [0.29, 0.717) is 41.1 Å². The SMILES string of the molecule is CN(C)CCCNS(=O)(=O)c1cccc(-c2[nH]c(O)c3c2C(=O)N=C3c2ccccc2)c1. The van der Waals surface area contributed by atoms with Gasteiger partial charge in [0.2, 0.25) is 10.0 Å². The van der Waals surface area contributed by atoms with Crippen LogP contribution in [0.1, 0.15) is 27.9 Å². The number of aromatic amines is 1. The zero-order valence-corrected chi connectivity index (χ0v) is 18.6. The number of sulfonamides is 1. The second-order valence-electron chi connectivity index (χ2n) is 7.81. The molecule has 0 fully saturated rings. The highest BCUT2D eigenvalue weighted by molar-refractivity contribution is 7.89. The summed E-state index contributed by atoms with van der Waals surface area (Å²) in [4.78, 5) is 21.7. The van der Waals surface area contributed by atoms with Gasteiger partial charge in [0.15, 0.2) is 5.88 Å². The first-order chi connectivity index (χ1) is 15.3. The molecule has 166 valence electrons. The molecule has 0 bridgehead atoms. The van der Waals surface area contributed by atoms with Gasteiger partial charge in [0.25, 0.3) is 5.91 Å². The lowest BCUT2D eigenvalue weighted by Gasteiger charge is -2.11. The van der Waals surface area contributed by atoms with Crippen molar-refractivity contribution in [2.45, 2.75) is 11.3 Å². The first-order valence-electron chi connectivity index (χ1n) is 10.2. The van der Waals surface area contributed by atoms with Crippen molar-refractivity contribution in [1.82, 2.24) is 14.6 Å². The Kier molecular flexibility index (Phi) is 5.96. The normalized spacial score (nSPS) is 13.5. The minimum absolute atomic E-state index is 0.0809. The van der Waals surface area contributed by atoms with Crippen LogP contribution in [0, 0.1) is 0 Å². The third-order valence-electron chi connectivity index (χ3n) is 5.20. The van der Waals surface area contributed by atoms with Crippen molar-refractivity contribution >= 4 is 21.6 Å². The van der Waals surface area contributed by atoms with Gasteiger partial charge in [0.05, 0.1) is 27.4 Å². The van der Waals surface area contributed by atoms with Gasteiger partial charge < -0.3 is 15.0 Å². The van der Waals surface area contributed by atoms with E-state index in [0.717, 1.165) is 6.54 Å². The van der Waals surface area contributed by atoms with Crippen LogP contribution in [-0.4, -0.2) is 62.2 Å². The summed E-state index contributed by atoms with van der Waals surface area (Å²) < 4.78 is 28.1. The Morgan fingerprint density at radius 3 is 2.47 bits per heavy atom. The Morgan fingerprint density at radius 2 is 1.75 bits per heavy atom. The molecule has 1 amide bonds. The molecule has 0 atom stereocenters. The third-order valence-corrected chi connectivity index (χ3v) is 6.66. The molecule has 2 heterocycles. The van der Waals surface area contributed by atoms with Gasteiger partial charge in [0.1, 0.15) is 0 Å². The van der Waals surface area contributed by atoms with E-state index in [2.05, 4.69) is 14.7 Å². The van der Waals surface area contributed by atoms with E-state index in [-0.39, 0.29) is 16.3 Å². The van der Waals surface area contributed by atoms with Gasteiger partial charge in [-0.3, -0.25) is 4.79 Å². The number of aromatic hydroxyl groups is 1. The summed E-state index contributed by atoms with van der Waals surface area (Å²) in [5, 5.41) is 10.6. The van der Waals surface area contributed by atoms with Gasteiger partial charge in [-0.2, -0.15) is 0 Å². The fraction of sp³-hybridized carbons (Fsp3) is 0.217. The molecule has 1 aliphatic rings. The lowest BCUT2D eigenvalue weighted by atomic mass is 10.0. The first kappa shape index (κ1) is 21.9. The van der Waals surface area contributed by atoms with E-state index in [1.54, 1.807) is 12.1 Å². The molecule has 1 aromatic heterocycles. The van der Waals surface area contributed by atoms with Crippen molar-refractivity contribution in [2.75, 3.05) is 27.2 Å². The van der Waals surface area contributed by atoms with E-state index in [4.69, 9.17) is 0 Å². The number of nitrogens with zero attached hydrogens (tertiary/aromatic N) is 2. The predicted octanol–water partition coefficient (Wildman–Crippen LogP) is 2.61. The van der Waals surface area contributed by atoms with E-state index >= 15 is 0 Å². The Balaban J connectivity index is 1.66. The van der Waals surface area contributed by atoms with Crippen LogP contribution < -0.4 is 4.72 Å². The van der Waals surface area contributed by atoms with E-state index < -0.39 is 15.9 Å². The molecule has 32 heavy (non-hydrogen) atoms. The van der Waals surface area contributed by atoms with Crippen LogP contribution in [-0.2, 0) is 10.0 Å². The highest BCUT2D eigenvalue weighted by Gasteiger charge is 2.33. The minimum Gasteiger partial charge on any atom is -0.494 e. The van der Waals surface area contributed by atoms with Crippen LogP contribution >= 0.6 is 0 Å². The Morgan fingerprint density at radius 1 is 1.03 bits per heavy atom. The third kappa shape index (κ3) is 4.22. The quantitative estimate of drug-likeness (QED) is 0.455. The van der Waals surface area contributed by atoms with Gasteiger partial charge in [-0.25, -0.2) is 18.1 Å². The maximum absolute atomic E-state index is 12.7. The zero-order chi connectivity index (χ0) is 22.9. The predicted molar refractivity (Wildman–Crippen MR) is 123 cm³/mol. The topological polar surface area (TPSA) is 115 Å². The summed E-state index contributed by atoms with van der Waals surface area (Å²) in [5.74, 6) is -0.668. The van der Waals surface area contributed by atoms with Crippen LogP contribution in [0.3, 0.4) is 0 Å². The number of hydrogen-bond donors (Lipinski definition) is 3. The highest BCUT2D eigenvalue weighted by atomic mass is 32.2. The van der Waals surface area contributed by atoms with E-state index in [1.165, 1.54) is 12.1 Å². The second kappa shape index (κ2) is 8.70. The Labute approximate surface area is 186 Å². The number of amides is 1. The molecule has 0 radical (unpaired) electrons. The number of H-pyrrole nitrogens is 1. The van der Waals surface area contributed by atoms with Gasteiger partial charge >= 0.3 is 0 Å². The van der Waals surface area contributed by atoms with Crippen LogP contribution in [0.5, 0.6) is 5.88 Å². The van der Waals surface area contributed by atoms with Gasteiger partial charge in [-0.15, -0.1) is 0 Å². The van der Waals surface area contributed by atoms with Crippen molar-refractivity contribution in [1.29, 1.82) is 0 Å². The maximum Gasteiger partial charge on any atom is 0.280 e. The molecule has 8 nitrogen and oxygen atoms in total. The Hall–Kier alpha value is -3.27. The molecular formula is C23H24N4O4S. The van der Waals surface area contributed by atoms with E-state index in [1.807, 2.05) is 49.3 Å². The maximum atomic E-state index is 12.7. The van der Waals surface area contributed by atoms with Crippen LogP contribution in [0.4, 0.5) is 0 Å². The molecule has 3 N–H and O–H groups in total. The van der Waals surface area contributed by atoms with Crippen molar-refractivity contribution in [2.24, 2.45) is 4.99 Å². The first-order valence-corrected chi connectivity index (χ1v) is 11.6. The minimum atomic E-state index is -3.72. The molecule has 9 heteroatoms. The molecular weight excluding hydrogens is 428 g/mol. The van der Waals surface area contributed by atoms with Crippen LogP contribution in [0.2, 0.25) is 0 Å². The van der Waals surface area contributed by atoms with Crippen LogP contribution in [0.25, 0.3) is 11.3 Å². The van der Waals surface area contributed by atoms with Gasteiger partial charge in [-0.05, 0) is 39.2 Å². The van der Waals surface area contributed by atoms with Crippen molar-refractivity contribution < 1.29 is 18.3 Å². The molecule has 4 rings (SSSR count). The number of carbonyl (C=O) groups excluding carboxylic acids is 1. The molecule has 2 aromatic carbocycles. The number of rotatable bonds is 8. The highest BCUT2D eigenvalue weighted by Crippen LogP contribution is 2.38. The molecule has 0 saturated heterocycles. The second-order valence-corrected chi connectivity index (χ2v) is 9.58. The largest absolute Gasteiger partial charge is 0.494 e. The van der Waals surface area contributed by atoms with E-state index in [9.17, 15) is 18.3 Å². The lowest BCUT2D eigenvalue weighted by Crippen LogP contribution is -2.27.